The van der Waals surface area contributed by atoms with E-state index in [1.54, 1.807) is 12.4 Å². The fraction of sp³-hybridized carbons (Fsp3) is 0.308. The van der Waals surface area contributed by atoms with Crippen molar-refractivity contribution >= 4 is 6.29 Å². The van der Waals surface area contributed by atoms with Gasteiger partial charge in [-0.2, -0.15) is 0 Å². The molecule has 0 N–H and O–H groups in total. The van der Waals surface area contributed by atoms with Crippen LogP contribution in [0.3, 0.4) is 0 Å². The van der Waals surface area contributed by atoms with E-state index >= 15 is 0 Å². The first-order valence-corrected chi connectivity index (χ1v) is 5.11. The summed E-state index contributed by atoms with van der Waals surface area (Å²) in [5, 5.41) is 0. The van der Waals surface area contributed by atoms with Crippen molar-refractivity contribution in [3.05, 3.63) is 42.0 Å². The molecule has 0 bridgehead atoms. The number of carbonyl (C=O) groups excluding carboxylic acids is 1. The number of hydrogen-bond donors (Lipinski definition) is 0. The van der Waals surface area contributed by atoms with E-state index in [-0.39, 0.29) is 0 Å². The van der Waals surface area contributed by atoms with Gasteiger partial charge in [0.25, 0.3) is 0 Å². The van der Waals surface area contributed by atoms with Crippen molar-refractivity contribution < 1.29 is 9.53 Å². The molecule has 0 heterocycles. The standard InChI is InChI=1S/C13H15O2/c1-2-10-15-13-8-5-7-12(11-13)6-3-4-9-14/h3-5,7-8,11H,2,6,10H2,1H3. The lowest BCUT2D eigenvalue weighted by Gasteiger charge is -2.05. The van der Waals surface area contributed by atoms with E-state index in [2.05, 4.69) is 6.92 Å². The van der Waals surface area contributed by atoms with Crippen LogP contribution < -0.4 is 4.74 Å². The molecular formula is C13H15O2. The molecule has 0 saturated heterocycles. The first-order valence-electron chi connectivity index (χ1n) is 5.11. The molecule has 0 fully saturated rings. The molecule has 15 heavy (non-hydrogen) atoms. The van der Waals surface area contributed by atoms with E-state index in [0.717, 1.165) is 30.8 Å². The normalized spacial score (nSPS) is 10.5. The predicted molar refractivity (Wildman–Crippen MR) is 60.8 cm³/mol. The van der Waals surface area contributed by atoms with Gasteiger partial charge in [-0.1, -0.05) is 25.1 Å². The molecule has 79 valence electrons. The zero-order chi connectivity index (χ0) is 10.9. The van der Waals surface area contributed by atoms with Crippen LogP contribution in [0.25, 0.3) is 0 Å². The van der Waals surface area contributed by atoms with Gasteiger partial charge in [0.15, 0.2) is 0 Å². The van der Waals surface area contributed by atoms with Crippen molar-refractivity contribution in [3.8, 4) is 5.75 Å². The first kappa shape index (κ1) is 11.5. The molecule has 1 radical (unpaired) electrons. The second kappa shape index (κ2) is 6.82. The fourth-order valence-electron chi connectivity index (χ4n) is 1.23. The minimum atomic E-state index is 0.735. The summed E-state index contributed by atoms with van der Waals surface area (Å²) < 4.78 is 5.50. The van der Waals surface area contributed by atoms with Gasteiger partial charge in [0.1, 0.15) is 5.75 Å². The molecule has 0 spiro atoms. The lowest BCUT2D eigenvalue weighted by molar-refractivity contribution is 0.317. The second-order valence-corrected chi connectivity index (χ2v) is 3.22. The van der Waals surface area contributed by atoms with Crippen molar-refractivity contribution in [2.24, 2.45) is 0 Å². The molecule has 1 aromatic rings. The van der Waals surface area contributed by atoms with E-state index < -0.39 is 0 Å². The number of allylic oxidation sites excluding steroid dienone is 2. The Morgan fingerprint density at radius 2 is 2.33 bits per heavy atom. The molecule has 0 aliphatic rings. The van der Waals surface area contributed by atoms with Crippen LogP contribution in [0, 0.1) is 0 Å². The molecule has 0 aliphatic heterocycles. The van der Waals surface area contributed by atoms with Crippen molar-refractivity contribution in [3.63, 3.8) is 0 Å². The Morgan fingerprint density at radius 1 is 1.47 bits per heavy atom. The number of rotatable bonds is 6. The molecule has 0 unspecified atom stereocenters. The van der Waals surface area contributed by atoms with Crippen LogP contribution in [0.5, 0.6) is 5.75 Å². The van der Waals surface area contributed by atoms with Crippen LogP contribution in [-0.4, -0.2) is 12.9 Å². The minimum absolute atomic E-state index is 0.735. The van der Waals surface area contributed by atoms with Crippen molar-refractivity contribution in [1.82, 2.24) is 0 Å². The SMILES string of the molecule is CCCOc1cccc(CC=C[C]=O)c1. The highest BCUT2D eigenvalue weighted by Gasteiger charge is 1.94. The number of benzene rings is 1. The van der Waals surface area contributed by atoms with Crippen LogP contribution in [0.1, 0.15) is 18.9 Å². The fourth-order valence-corrected chi connectivity index (χ4v) is 1.23. The van der Waals surface area contributed by atoms with E-state index in [4.69, 9.17) is 4.74 Å². The van der Waals surface area contributed by atoms with E-state index in [9.17, 15) is 4.79 Å². The molecular weight excluding hydrogens is 188 g/mol. The summed E-state index contributed by atoms with van der Waals surface area (Å²) in [6.07, 6.45) is 6.64. The molecule has 0 atom stereocenters. The summed E-state index contributed by atoms with van der Waals surface area (Å²) in [6.45, 7) is 2.81. The summed E-state index contributed by atoms with van der Waals surface area (Å²) in [6, 6.07) is 7.90. The molecule has 1 aromatic carbocycles. The van der Waals surface area contributed by atoms with E-state index in [1.807, 2.05) is 24.3 Å². The Kier molecular flexibility index (Phi) is 5.23. The van der Waals surface area contributed by atoms with Crippen LogP contribution in [0.4, 0.5) is 0 Å². The Morgan fingerprint density at radius 3 is 3.07 bits per heavy atom. The van der Waals surface area contributed by atoms with Gasteiger partial charge < -0.3 is 4.74 Å². The smallest absolute Gasteiger partial charge is 0.225 e. The lowest BCUT2D eigenvalue weighted by atomic mass is 10.1. The van der Waals surface area contributed by atoms with Gasteiger partial charge in [-0.25, -0.2) is 0 Å². The molecule has 0 aliphatic carbocycles. The number of ether oxygens (including phenoxy) is 1. The molecule has 2 nitrogen and oxygen atoms in total. The highest BCUT2D eigenvalue weighted by atomic mass is 16.5. The maximum atomic E-state index is 9.97. The summed E-state index contributed by atoms with van der Waals surface area (Å²) in [5.74, 6) is 0.887. The third-order valence-corrected chi connectivity index (χ3v) is 1.91. The maximum Gasteiger partial charge on any atom is 0.225 e. The van der Waals surface area contributed by atoms with Gasteiger partial charge in [-0.05, 0) is 36.6 Å². The van der Waals surface area contributed by atoms with Crippen LogP contribution in [-0.2, 0) is 11.2 Å². The monoisotopic (exact) mass is 203 g/mol. The van der Waals surface area contributed by atoms with Gasteiger partial charge in [-0.3, -0.25) is 4.79 Å². The summed E-state index contributed by atoms with van der Waals surface area (Å²) in [7, 11) is 0. The third kappa shape index (κ3) is 4.45. The first-order chi connectivity index (χ1) is 7.36. The zero-order valence-electron chi connectivity index (χ0n) is 8.90. The number of hydrogen-bond acceptors (Lipinski definition) is 2. The summed E-state index contributed by atoms with van der Waals surface area (Å²) in [4.78, 5) is 9.97. The highest BCUT2D eigenvalue weighted by molar-refractivity contribution is 5.65. The third-order valence-electron chi connectivity index (χ3n) is 1.91. The molecule has 1 rings (SSSR count). The van der Waals surface area contributed by atoms with Crippen molar-refractivity contribution in [2.45, 2.75) is 19.8 Å². The maximum absolute atomic E-state index is 9.97. The van der Waals surface area contributed by atoms with Gasteiger partial charge >= 0.3 is 0 Å². The van der Waals surface area contributed by atoms with Gasteiger partial charge in [0, 0.05) is 0 Å². The molecule has 2 heteroatoms. The van der Waals surface area contributed by atoms with Crippen LogP contribution in [0.15, 0.2) is 36.4 Å². The largest absolute Gasteiger partial charge is 0.494 e. The lowest BCUT2D eigenvalue weighted by Crippen LogP contribution is -1.95. The predicted octanol–water partition coefficient (Wildman–Crippen LogP) is 2.68. The minimum Gasteiger partial charge on any atom is -0.494 e. The molecule has 0 saturated carbocycles. The molecule has 0 amide bonds. The Balaban J connectivity index is 2.57. The zero-order valence-corrected chi connectivity index (χ0v) is 8.90. The Labute approximate surface area is 90.6 Å². The van der Waals surface area contributed by atoms with Gasteiger partial charge in [-0.15, -0.1) is 0 Å². The molecule has 0 aromatic heterocycles. The average molecular weight is 203 g/mol. The average Bonchev–Trinajstić information content (AvgIpc) is 2.27. The summed E-state index contributed by atoms with van der Waals surface area (Å²) in [5.41, 5.74) is 1.13. The quantitative estimate of drug-likeness (QED) is 0.664. The van der Waals surface area contributed by atoms with Crippen LogP contribution in [0.2, 0.25) is 0 Å². The Hall–Kier alpha value is -1.57. The topological polar surface area (TPSA) is 26.3 Å². The highest BCUT2D eigenvalue weighted by Crippen LogP contribution is 2.14. The van der Waals surface area contributed by atoms with Crippen molar-refractivity contribution in [2.75, 3.05) is 6.61 Å². The van der Waals surface area contributed by atoms with E-state index in [1.165, 1.54) is 6.08 Å². The Bertz CT molecular complexity index is 329. The van der Waals surface area contributed by atoms with E-state index in [0.29, 0.717) is 0 Å². The van der Waals surface area contributed by atoms with Crippen molar-refractivity contribution in [1.29, 1.82) is 0 Å². The second-order valence-electron chi connectivity index (χ2n) is 3.22. The summed E-state index contributed by atoms with van der Waals surface area (Å²) >= 11 is 0. The van der Waals surface area contributed by atoms with Gasteiger partial charge in [0.05, 0.1) is 6.61 Å². The van der Waals surface area contributed by atoms with Gasteiger partial charge in [0.2, 0.25) is 6.29 Å². The van der Waals surface area contributed by atoms with Crippen LogP contribution >= 0.6 is 0 Å².